The number of aliphatic hydroxyl groups excluding tert-OH is 2. The van der Waals surface area contributed by atoms with Gasteiger partial charge in [-0.05, 0) is 54.0 Å². The number of benzene rings is 2. The SMILES string of the molecule is CC(=O)NC(c1ccccc1)C(O)C(=O)OC1CC2(O)C(OC(=O)c3ccccc3)C3C4(O)COC4CC(OC(=O)CCCC(=O)OCCn4c([N+](=O)[O-])cnc4C)[C@@]3(C)C(=O)C(O)C(=C1C)C2(C)C.[Ac].[Ac]. The first kappa shape index (κ1) is 59.4. The fourth-order valence-corrected chi connectivity index (χ4v) is 10.9. The van der Waals surface area contributed by atoms with Crippen molar-refractivity contribution in [3.05, 3.63) is 105 Å². The summed E-state index contributed by atoms with van der Waals surface area (Å²) in [4.78, 5) is 97.0. The number of amides is 1. The minimum atomic E-state index is -2.43. The Morgan fingerprint density at radius 1 is 0.958 bits per heavy atom. The van der Waals surface area contributed by atoms with Gasteiger partial charge in [0.15, 0.2) is 17.7 Å². The number of hydrogen-bond acceptors (Lipinski definition) is 18. The first-order valence-electron chi connectivity index (χ1n) is 23.0. The molecule has 0 spiro atoms. The average molecular weight is 1430 g/mol. The summed E-state index contributed by atoms with van der Waals surface area (Å²) in [5, 5.41) is 64.1. The van der Waals surface area contributed by atoms with Crippen LogP contribution in [0.15, 0.2) is 78.0 Å². The second kappa shape index (κ2) is 23.6. The van der Waals surface area contributed by atoms with Gasteiger partial charge in [0.1, 0.15) is 55.0 Å². The van der Waals surface area contributed by atoms with Crippen LogP contribution in [0.5, 0.6) is 0 Å². The molecule has 3 aliphatic carbocycles. The molecule has 2 radical (unpaired) electrons. The van der Waals surface area contributed by atoms with Gasteiger partial charge in [0.05, 0.1) is 29.7 Å². The van der Waals surface area contributed by atoms with Gasteiger partial charge in [-0.1, -0.05) is 62.4 Å². The number of esters is 4. The van der Waals surface area contributed by atoms with Crippen molar-refractivity contribution in [2.45, 2.75) is 134 Å². The van der Waals surface area contributed by atoms with Crippen LogP contribution in [0, 0.1) is 122 Å². The molecule has 1 amide bonds. The number of fused-ring (bicyclic) bond motifs is 5. The fourth-order valence-electron chi connectivity index (χ4n) is 10.9. The molecule has 11 atom stereocenters. The maximum atomic E-state index is 15.4. The number of ketones is 1. The Hall–Kier alpha value is -3.51. The van der Waals surface area contributed by atoms with E-state index in [2.05, 4.69) is 10.3 Å². The van der Waals surface area contributed by atoms with E-state index < -0.39 is 124 Å². The smallest absolute Gasteiger partial charge is 0.342 e. The number of imidazole rings is 1. The quantitative estimate of drug-likeness (QED) is 0.0453. The van der Waals surface area contributed by atoms with Crippen molar-refractivity contribution in [3.63, 3.8) is 0 Å². The number of nitro groups is 1. The number of nitrogens with one attached hydrogen (secondary N) is 1. The van der Waals surface area contributed by atoms with Gasteiger partial charge in [-0.15, -0.1) is 0 Å². The van der Waals surface area contributed by atoms with Gasteiger partial charge < -0.3 is 59.5 Å². The molecule has 5 N–H and O–H groups in total. The number of aromatic nitrogens is 2. The average Bonchev–Trinajstić information content (AvgIpc) is 3.69. The van der Waals surface area contributed by atoms with Crippen LogP contribution in [0.25, 0.3) is 0 Å². The van der Waals surface area contributed by atoms with Crippen LogP contribution in [0.2, 0.25) is 0 Å². The maximum Gasteiger partial charge on any atom is 0.342 e. The molecule has 382 valence electrons. The van der Waals surface area contributed by atoms with E-state index in [1.165, 1.54) is 51.3 Å². The summed E-state index contributed by atoms with van der Waals surface area (Å²) in [6.07, 6.45) is -10.7. The first-order chi connectivity index (χ1) is 33.0. The Bertz CT molecular complexity index is 2580. The van der Waals surface area contributed by atoms with Crippen LogP contribution in [-0.2, 0) is 54.2 Å². The third kappa shape index (κ3) is 11.2. The molecule has 23 heteroatoms. The van der Waals surface area contributed by atoms with Gasteiger partial charge in [0.2, 0.25) is 5.91 Å². The number of carbonyl (C=O) groups excluding carboxylic acids is 6. The Balaban J connectivity index is 0.00000481. The fraction of sp³-hybridized carbons (Fsp3) is 0.531. The number of nitrogens with zero attached hydrogens (tertiary/aromatic N) is 3. The molecule has 21 nitrogen and oxygen atoms in total. The summed E-state index contributed by atoms with van der Waals surface area (Å²) in [6, 6.07) is 14.6. The second-order valence-corrected chi connectivity index (χ2v) is 19.2. The number of aliphatic hydroxyl groups is 4. The van der Waals surface area contributed by atoms with E-state index >= 15 is 4.79 Å². The molecule has 2 saturated carbocycles. The zero-order chi connectivity index (χ0) is 51.1. The summed E-state index contributed by atoms with van der Waals surface area (Å²) >= 11 is 0. The Morgan fingerprint density at radius 2 is 1.58 bits per heavy atom. The van der Waals surface area contributed by atoms with Crippen molar-refractivity contribution in [1.82, 2.24) is 14.9 Å². The molecule has 1 aliphatic heterocycles. The second-order valence-electron chi connectivity index (χ2n) is 19.2. The van der Waals surface area contributed by atoms with Crippen LogP contribution in [0.1, 0.15) is 94.5 Å². The Kier molecular flexibility index (Phi) is 19.4. The van der Waals surface area contributed by atoms with Crippen LogP contribution in [-0.4, -0.2) is 132 Å². The van der Waals surface area contributed by atoms with Crippen LogP contribution >= 0.6 is 0 Å². The van der Waals surface area contributed by atoms with Gasteiger partial charge in [-0.25, -0.2) is 19.1 Å². The molecule has 2 bridgehead atoms. The van der Waals surface area contributed by atoms with Crippen LogP contribution in [0.4, 0.5) is 5.82 Å². The minimum Gasteiger partial charge on any atom is -0.461 e. The molecule has 4 aliphatic rings. The molecular formula is C49H58Ac2N4O17. The topological polar surface area (TPSA) is 302 Å². The molecule has 1 aromatic heterocycles. The molecule has 2 aromatic carbocycles. The third-order valence-electron chi connectivity index (χ3n) is 14.8. The standard InChI is InChI=1S/C49H58N4O17.2Ac/c1-26-31(68-45(61)40(58)38(51-28(3)54)29-14-9-7-10-15-29)23-49(63)43(70-44(60)30-16-11-8-12-17-30)41-47(6,42(59)39(57)37(26)46(49,4)5)32(22-33-48(41,62)25-67-33)69-36(56)19-13-18-35(55)66-21-20-52-27(2)50-24-34(52)53(64)65;;/h7-12,14-17,24,31-33,38-41,43,57-58,62-63H,13,18-23,25H2,1-6H3,(H,51,54);;/t31?,32?,33?,38?,39?,40?,41?,43?,47-,48?,49?;;/m1../s1. The number of ether oxygens (including phenoxy) is 5. The number of aryl methyl sites for hydroxylation is 1. The number of hydrogen-bond donors (Lipinski definition) is 5. The van der Waals surface area contributed by atoms with Gasteiger partial charge in [-0.3, -0.25) is 19.2 Å². The summed E-state index contributed by atoms with van der Waals surface area (Å²) in [7, 11) is 0. The Morgan fingerprint density at radius 3 is 2.18 bits per heavy atom. The van der Waals surface area contributed by atoms with Crippen LogP contribution < -0.4 is 5.32 Å². The van der Waals surface area contributed by atoms with E-state index in [0.29, 0.717) is 11.4 Å². The van der Waals surface area contributed by atoms with E-state index in [4.69, 9.17) is 23.7 Å². The van der Waals surface area contributed by atoms with Crippen molar-refractivity contribution < 1.29 is 166 Å². The number of Topliss-reactive ketones (excluding diaryl/α,β-unsaturated/α-hetero) is 1. The van der Waals surface area contributed by atoms with Gasteiger partial charge in [-0.2, -0.15) is 0 Å². The zero-order valence-electron chi connectivity index (χ0n) is 40.7. The molecular weight excluding hydrogens is 1370 g/mol. The molecule has 2 heterocycles. The van der Waals surface area contributed by atoms with Crippen molar-refractivity contribution in [1.29, 1.82) is 0 Å². The summed E-state index contributed by atoms with van der Waals surface area (Å²) < 4.78 is 30.7. The minimum absolute atomic E-state index is 0. The first-order valence-corrected chi connectivity index (χ1v) is 23.0. The van der Waals surface area contributed by atoms with Crippen molar-refractivity contribution in [3.8, 4) is 0 Å². The van der Waals surface area contributed by atoms with E-state index in [0.717, 1.165) is 6.20 Å². The number of rotatable bonds is 16. The van der Waals surface area contributed by atoms with E-state index in [9.17, 15) is 54.5 Å². The molecule has 1 saturated heterocycles. The van der Waals surface area contributed by atoms with Gasteiger partial charge in [0, 0.05) is 139 Å². The van der Waals surface area contributed by atoms with Crippen LogP contribution in [0.3, 0.4) is 0 Å². The molecule has 72 heavy (non-hydrogen) atoms. The molecule has 3 aromatic rings. The zero-order valence-corrected chi connectivity index (χ0v) is 50.2. The predicted octanol–water partition coefficient (Wildman–Crippen LogP) is 2.68. The van der Waals surface area contributed by atoms with Crippen molar-refractivity contribution in [2.75, 3.05) is 13.2 Å². The summed E-state index contributed by atoms with van der Waals surface area (Å²) in [5.74, 6) is -6.98. The number of carbonyl (C=O) groups is 6. The Labute approximate surface area is 486 Å². The molecule has 10 unspecified atom stereocenters. The maximum absolute atomic E-state index is 15.4. The monoisotopic (exact) mass is 1430 g/mol. The summed E-state index contributed by atoms with van der Waals surface area (Å²) in [6.45, 7) is 7.93. The normalized spacial score (nSPS) is 28.8. The van der Waals surface area contributed by atoms with Gasteiger partial charge in [0.25, 0.3) is 0 Å². The molecule has 7 rings (SSSR count). The predicted molar refractivity (Wildman–Crippen MR) is 241 cm³/mol. The third-order valence-corrected chi connectivity index (χ3v) is 14.8. The van der Waals surface area contributed by atoms with Crippen molar-refractivity contribution >= 4 is 41.4 Å². The van der Waals surface area contributed by atoms with Crippen molar-refractivity contribution in [2.24, 2.45) is 16.7 Å². The van der Waals surface area contributed by atoms with E-state index in [1.54, 1.807) is 55.5 Å². The van der Waals surface area contributed by atoms with E-state index in [-0.39, 0.29) is 149 Å². The van der Waals surface area contributed by atoms with E-state index in [1.807, 2.05) is 0 Å². The largest absolute Gasteiger partial charge is 0.461 e. The summed E-state index contributed by atoms with van der Waals surface area (Å²) in [5.41, 5.74) is -7.96. The van der Waals surface area contributed by atoms with Gasteiger partial charge >= 0.3 is 29.7 Å². The molecule has 3 fully saturated rings.